The van der Waals surface area contributed by atoms with Gasteiger partial charge in [0.2, 0.25) is 0 Å². The van der Waals surface area contributed by atoms with Gasteiger partial charge in [-0.15, -0.1) is 0 Å². The van der Waals surface area contributed by atoms with Crippen LogP contribution in [0.4, 0.5) is 10.5 Å². The van der Waals surface area contributed by atoms with Crippen LogP contribution in [0.2, 0.25) is 0 Å². The van der Waals surface area contributed by atoms with Crippen LogP contribution in [0.15, 0.2) is 18.2 Å². The van der Waals surface area contributed by atoms with Gasteiger partial charge in [0.05, 0.1) is 0 Å². The molecule has 0 aliphatic heterocycles. The van der Waals surface area contributed by atoms with E-state index in [0.29, 0.717) is 6.42 Å². The second-order valence-electron chi connectivity index (χ2n) is 5.82. The van der Waals surface area contributed by atoms with Gasteiger partial charge in [-0.1, -0.05) is 31.5 Å². The van der Waals surface area contributed by atoms with Crippen molar-refractivity contribution in [3.63, 3.8) is 0 Å². The van der Waals surface area contributed by atoms with Crippen LogP contribution in [0.5, 0.6) is 0 Å². The maximum absolute atomic E-state index is 12.2. The van der Waals surface area contributed by atoms with E-state index < -0.39 is 18.0 Å². The summed E-state index contributed by atoms with van der Waals surface area (Å²) < 4.78 is 0. The van der Waals surface area contributed by atoms with E-state index in [9.17, 15) is 14.7 Å². The first-order valence-electron chi connectivity index (χ1n) is 7.06. The number of carbonyl (C=O) groups is 2. The van der Waals surface area contributed by atoms with E-state index in [2.05, 4.69) is 5.32 Å². The molecule has 1 rings (SSSR count). The van der Waals surface area contributed by atoms with Gasteiger partial charge in [0.15, 0.2) is 0 Å². The highest BCUT2D eigenvalue weighted by Crippen LogP contribution is 2.20. The summed E-state index contributed by atoms with van der Waals surface area (Å²) in [5.74, 6) is -0.816. The van der Waals surface area contributed by atoms with Gasteiger partial charge in [-0.3, -0.25) is 4.90 Å². The predicted molar refractivity (Wildman–Crippen MR) is 83.7 cm³/mol. The number of aliphatic carboxylic acids is 1. The van der Waals surface area contributed by atoms with Gasteiger partial charge >= 0.3 is 12.0 Å². The maximum atomic E-state index is 12.2. The second kappa shape index (κ2) is 7.11. The van der Waals surface area contributed by atoms with Gasteiger partial charge < -0.3 is 10.4 Å². The zero-order chi connectivity index (χ0) is 16.2. The number of nitrogens with one attached hydrogen (secondary N) is 1. The molecule has 0 fully saturated rings. The van der Waals surface area contributed by atoms with Gasteiger partial charge in [0, 0.05) is 12.7 Å². The second-order valence-corrected chi connectivity index (χ2v) is 5.82. The number of carboxylic acids is 1. The molecule has 1 unspecified atom stereocenters. The topological polar surface area (TPSA) is 69.6 Å². The first-order chi connectivity index (χ1) is 9.72. The summed E-state index contributed by atoms with van der Waals surface area (Å²) >= 11 is 0. The first-order valence-corrected chi connectivity index (χ1v) is 7.06. The lowest BCUT2D eigenvalue weighted by Crippen LogP contribution is -2.47. The third-order valence-corrected chi connectivity index (χ3v) is 3.32. The quantitative estimate of drug-likeness (QED) is 0.876. The lowest BCUT2D eigenvalue weighted by Gasteiger charge is -2.23. The average Bonchev–Trinajstić information content (AvgIpc) is 2.36. The third-order valence-electron chi connectivity index (χ3n) is 3.32. The average molecular weight is 292 g/mol. The SMILES string of the molecule is Cc1ccc(N(C)C(=O)NC(CC(C)C)C(=O)O)c(C)c1. The van der Waals surface area contributed by atoms with E-state index in [1.54, 1.807) is 7.05 Å². The number of hydrogen-bond donors (Lipinski definition) is 2. The number of hydrogen-bond acceptors (Lipinski definition) is 2. The Morgan fingerprint density at radius 3 is 2.38 bits per heavy atom. The van der Waals surface area contributed by atoms with Gasteiger partial charge in [0.1, 0.15) is 6.04 Å². The molecule has 5 heteroatoms. The van der Waals surface area contributed by atoms with E-state index in [1.807, 2.05) is 45.9 Å². The zero-order valence-corrected chi connectivity index (χ0v) is 13.3. The van der Waals surface area contributed by atoms with Crippen LogP contribution in [0.3, 0.4) is 0 Å². The fourth-order valence-corrected chi connectivity index (χ4v) is 2.23. The van der Waals surface area contributed by atoms with Crippen molar-refractivity contribution < 1.29 is 14.7 Å². The number of carboxylic acid groups (broad SMARTS) is 1. The molecule has 1 aromatic rings. The molecular formula is C16H24N2O3. The summed E-state index contributed by atoms with van der Waals surface area (Å²) in [5, 5.41) is 11.8. The largest absolute Gasteiger partial charge is 0.480 e. The van der Waals surface area contributed by atoms with Crippen LogP contribution in [-0.4, -0.2) is 30.2 Å². The fourth-order valence-electron chi connectivity index (χ4n) is 2.23. The van der Waals surface area contributed by atoms with Crippen LogP contribution in [0.25, 0.3) is 0 Å². The van der Waals surface area contributed by atoms with E-state index in [1.165, 1.54) is 4.90 Å². The Morgan fingerprint density at radius 1 is 1.29 bits per heavy atom. The van der Waals surface area contributed by atoms with Crippen molar-refractivity contribution in [2.24, 2.45) is 5.92 Å². The molecule has 0 aromatic heterocycles. The minimum Gasteiger partial charge on any atom is -0.480 e. The van der Waals surface area contributed by atoms with Crippen molar-refractivity contribution in [2.45, 2.75) is 40.2 Å². The molecule has 0 bridgehead atoms. The molecular weight excluding hydrogens is 268 g/mol. The van der Waals surface area contributed by atoms with Crippen LogP contribution < -0.4 is 10.2 Å². The number of urea groups is 1. The molecule has 0 heterocycles. The predicted octanol–water partition coefficient (Wildman–Crippen LogP) is 2.95. The number of aryl methyl sites for hydroxylation is 2. The third kappa shape index (κ3) is 4.77. The lowest BCUT2D eigenvalue weighted by atomic mass is 10.0. The molecule has 0 radical (unpaired) electrons. The maximum Gasteiger partial charge on any atom is 0.326 e. The molecule has 116 valence electrons. The van der Waals surface area contributed by atoms with Crippen molar-refractivity contribution in [3.05, 3.63) is 29.3 Å². The summed E-state index contributed by atoms with van der Waals surface area (Å²) in [6, 6.07) is 4.50. The standard InChI is InChI=1S/C16H24N2O3/c1-10(2)8-13(15(19)20)17-16(21)18(5)14-7-6-11(3)9-12(14)4/h6-7,9-10,13H,8H2,1-5H3,(H,17,21)(H,19,20). The Balaban J connectivity index is 2.84. The van der Waals surface area contributed by atoms with Crippen LogP contribution in [0.1, 0.15) is 31.4 Å². The Kier molecular flexibility index (Phi) is 5.76. The zero-order valence-electron chi connectivity index (χ0n) is 13.3. The molecule has 0 saturated heterocycles. The van der Waals surface area contributed by atoms with E-state index in [-0.39, 0.29) is 5.92 Å². The molecule has 0 aliphatic rings. The number of amides is 2. The Bertz CT molecular complexity index is 526. The van der Waals surface area contributed by atoms with E-state index >= 15 is 0 Å². The summed E-state index contributed by atoms with van der Waals surface area (Å²) in [5.41, 5.74) is 2.86. The number of carbonyl (C=O) groups excluding carboxylic acids is 1. The molecule has 0 saturated carbocycles. The van der Waals surface area contributed by atoms with Gasteiger partial charge in [-0.2, -0.15) is 0 Å². The molecule has 2 N–H and O–H groups in total. The van der Waals surface area contributed by atoms with Crippen LogP contribution in [0, 0.1) is 19.8 Å². The van der Waals surface area contributed by atoms with Crippen molar-refractivity contribution in [3.8, 4) is 0 Å². The van der Waals surface area contributed by atoms with Crippen molar-refractivity contribution in [1.82, 2.24) is 5.32 Å². The van der Waals surface area contributed by atoms with Crippen molar-refractivity contribution in [2.75, 3.05) is 11.9 Å². The smallest absolute Gasteiger partial charge is 0.326 e. The van der Waals surface area contributed by atoms with Crippen LogP contribution >= 0.6 is 0 Å². The molecule has 5 nitrogen and oxygen atoms in total. The minimum atomic E-state index is -1.01. The highest BCUT2D eigenvalue weighted by atomic mass is 16.4. The fraction of sp³-hybridized carbons (Fsp3) is 0.500. The number of rotatable bonds is 5. The minimum absolute atomic E-state index is 0.192. The van der Waals surface area contributed by atoms with Gasteiger partial charge in [-0.05, 0) is 37.8 Å². The lowest BCUT2D eigenvalue weighted by molar-refractivity contribution is -0.139. The Morgan fingerprint density at radius 2 is 1.90 bits per heavy atom. The summed E-state index contributed by atoms with van der Waals surface area (Å²) in [4.78, 5) is 24.9. The summed E-state index contributed by atoms with van der Waals surface area (Å²) in [7, 11) is 1.64. The van der Waals surface area contributed by atoms with E-state index in [0.717, 1.165) is 16.8 Å². The molecule has 2 amide bonds. The van der Waals surface area contributed by atoms with Crippen molar-refractivity contribution in [1.29, 1.82) is 0 Å². The van der Waals surface area contributed by atoms with Gasteiger partial charge in [-0.25, -0.2) is 9.59 Å². The molecule has 0 aliphatic carbocycles. The number of anilines is 1. The summed E-state index contributed by atoms with van der Waals surface area (Å²) in [6.07, 6.45) is 0.405. The molecule has 0 spiro atoms. The molecule has 21 heavy (non-hydrogen) atoms. The van der Waals surface area contributed by atoms with E-state index in [4.69, 9.17) is 0 Å². The van der Waals surface area contributed by atoms with Crippen LogP contribution in [-0.2, 0) is 4.79 Å². The monoisotopic (exact) mass is 292 g/mol. The highest BCUT2D eigenvalue weighted by Gasteiger charge is 2.23. The Labute approximate surface area is 126 Å². The van der Waals surface area contributed by atoms with Crippen molar-refractivity contribution >= 4 is 17.7 Å². The Hall–Kier alpha value is -2.04. The summed E-state index contributed by atoms with van der Waals surface area (Å²) in [6.45, 7) is 7.76. The number of nitrogens with zero attached hydrogens (tertiary/aromatic N) is 1. The molecule has 1 aromatic carbocycles. The first kappa shape index (κ1) is 17.0. The number of benzene rings is 1. The molecule has 1 atom stereocenters. The van der Waals surface area contributed by atoms with Gasteiger partial charge in [0.25, 0.3) is 0 Å². The highest BCUT2D eigenvalue weighted by molar-refractivity contribution is 5.94. The normalized spacial score (nSPS) is 12.1.